The van der Waals surface area contributed by atoms with Gasteiger partial charge in [-0.2, -0.15) is 11.8 Å². The molecule has 1 aliphatic rings. The summed E-state index contributed by atoms with van der Waals surface area (Å²) in [5.41, 5.74) is 0. The molecule has 1 aliphatic heterocycles. The Kier molecular flexibility index (Phi) is 3.70. The third kappa shape index (κ3) is 3.01. The molecule has 0 radical (unpaired) electrons. The molecular weight excluding hydrogens is 198 g/mol. The van der Waals surface area contributed by atoms with E-state index in [1.54, 1.807) is 0 Å². The molecule has 0 aromatic carbocycles. The molecule has 0 amide bonds. The zero-order valence-corrected chi connectivity index (χ0v) is 9.29. The summed E-state index contributed by atoms with van der Waals surface area (Å²) >= 11 is 3.93. The Balaban J connectivity index is 1.63. The fourth-order valence-corrected chi connectivity index (χ4v) is 3.45. The summed E-state index contributed by atoms with van der Waals surface area (Å²) in [5, 5.41) is 5.76. The Morgan fingerprint density at radius 1 is 1.54 bits per heavy atom. The predicted molar refractivity (Wildman–Crippen MR) is 61.8 cm³/mol. The lowest BCUT2D eigenvalue weighted by Crippen LogP contribution is -2.30. The molecule has 1 saturated heterocycles. The van der Waals surface area contributed by atoms with Crippen LogP contribution in [0, 0.1) is 0 Å². The molecular formula is C10H15NS2. The minimum Gasteiger partial charge on any atom is -0.313 e. The van der Waals surface area contributed by atoms with E-state index in [0.29, 0.717) is 0 Å². The Morgan fingerprint density at radius 2 is 2.54 bits per heavy atom. The Morgan fingerprint density at radius 3 is 3.23 bits per heavy atom. The quantitative estimate of drug-likeness (QED) is 0.824. The van der Waals surface area contributed by atoms with Crippen LogP contribution in [0.1, 0.15) is 11.3 Å². The molecule has 1 atom stereocenters. The van der Waals surface area contributed by atoms with Crippen molar-refractivity contribution in [3.8, 4) is 0 Å². The van der Waals surface area contributed by atoms with Gasteiger partial charge in [-0.3, -0.25) is 0 Å². The van der Waals surface area contributed by atoms with Crippen molar-refractivity contribution < 1.29 is 0 Å². The number of thioether (sulfide) groups is 1. The van der Waals surface area contributed by atoms with Crippen LogP contribution in [0.2, 0.25) is 0 Å². The van der Waals surface area contributed by atoms with Crippen LogP contribution in [-0.4, -0.2) is 24.1 Å². The molecule has 2 rings (SSSR count). The van der Waals surface area contributed by atoms with E-state index in [0.717, 1.165) is 12.6 Å². The first-order valence-electron chi connectivity index (χ1n) is 4.78. The van der Waals surface area contributed by atoms with Crippen LogP contribution < -0.4 is 5.32 Å². The highest BCUT2D eigenvalue weighted by Crippen LogP contribution is 2.17. The molecule has 1 unspecified atom stereocenters. The number of thiophene rings is 1. The highest BCUT2D eigenvalue weighted by Gasteiger charge is 2.13. The van der Waals surface area contributed by atoms with Gasteiger partial charge in [-0.05, 0) is 30.0 Å². The minimum atomic E-state index is 0.782. The Hall–Kier alpha value is 0.01000. The molecule has 72 valence electrons. The zero-order chi connectivity index (χ0) is 8.93. The fourth-order valence-electron chi connectivity index (χ4n) is 1.55. The van der Waals surface area contributed by atoms with Crippen LogP contribution in [-0.2, 0) is 6.42 Å². The first-order chi connectivity index (χ1) is 6.45. The molecule has 13 heavy (non-hydrogen) atoms. The van der Waals surface area contributed by atoms with Crippen molar-refractivity contribution >= 4 is 23.1 Å². The SMILES string of the molecule is c1csc(CCNC2CCSC2)c1. The molecule has 1 aromatic heterocycles. The van der Waals surface area contributed by atoms with Gasteiger partial charge < -0.3 is 5.32 Å². The van der Waals surface area contributed by atoms with E-state index in [4.69, 9.17) is 0 Å². The van der Waals surface area contributed by atoms with Crippen LogP contribution in [0.4, 0.5) is 0 Å². The normalized spacial score (nSPS) is 22.3. The van der Waals surface area contributed by atoms with E-state index < -0.39 is 0 Å². The van der Waals surface area contributed by atoms with Gasteiger partial charge >= 0.3 is 0 Å². The van der Waals surface area contributed by atoms with Crippen molar-refractivity contribution in [3.63, 3.8) is 0 Å². The van der Waals surface area contributed by atoms with Crippen LogP contribution >= 0.6 is 23.1 Å². The van der Waals surface area contributed by atoms with Gasteiger partial charge in [0.1, 0.15) is 0 Å². The first kappa shape index (κ1) is 9.56. The van der Waals surface area contributed by atoms with Gasteiger partial charge in [-0.25, -0.2) is 0 Å². The van der Waals surface area contributed by atoms with Crippen LogP contribution in [0.5, 0.6) is 0 Å². The molecule has 1 fully saturated rings. The van der Waals surface area contributed by atoms with Crippen molar-refractivity contribution in [3.05, 3.63) is 22.4 Å². The van der Waals surface area contributed by atoms with Gasteiger partial charge in [-0.1, -0.05) is 6.07 Å². The summed E-state index contributed by atoms with van der Waals surface area (Å²) < 4.78 is 0. The molecule has 2 heterocycles. The fraction of sp³-hybridized carbons (Fsp3) is 0.600. The van der Waals surface area contributed by atoms with Gasteiger partial charge in [0.2, 0.25) is 0 Å². The lowest BCUT2D eigenvalue weighted by molar-refractivity contribution is 0.562. The molecule has 0 saturated carbocycles. The maximum Gasteiger partial charge on any atom is 0.0166 e. The largest absolute Gasteiger partial charge is 0.313 e. The standard InChI is InChI=1S/C10H15NS2/c1-2-10(13-6-1)3-5-11-9-4-7-12-8-9/h1-2,6,9,11H,3-5,7-8H2. The van der Waals surface area contributed by atoms with E-state index in [-0.39, 0.29) is 0 Å². The third-order valence-electron chi connectivity index (χ3n) is 2.31. The second-order valence-corrected chi connectivity index (χ2v) is 5.53. The summed E-state index contributed by atoms with van der Waals surface area (Å²) in [6.45, 7) is 1.14. The lowest BCUT2D eigenvalue weighted by atomic mass is 10.2. The van der Waals surface area contributed by atoms with Gasteiger partial charge in [0.15, 0.2) is 0 Å². The number of hydrogen-bond donors (Lipinski definition) is 1. The third-order valence-corrected chi connectivity index (χ3v) is 4.41. The summed E-state index contributed by atoms with van der Waals surface area (Å²) in [7, 11) is 0. The molecule has 1 N–H and O–H groups in total. The van der Waals surface area contributed by atoms with Crippen LogP contribution in [0.3, 0.4) is 0 Å². The van der Waals surface area contributed by atoms with E-state index in [1.165, 1.54) is 29.2 Å². The van der Waals surface area contributed by atoms with E-state index in [9.17, 15) is 0 Å². The first-order valence-corrected chi connectivity index (χ1v) is 6.82. The van der Waals surface area contributed by atoms with Crippen molar-refractivity contribution in [2.75, 3.05) is 18.1 Å². The topological polar surface area (TPSA) is 12.0 Å². The number of hydrogen-bond acceptors (Lipinski definition) is 3. The van der Waals surface area contributed by atoms with Gasteiger partial charge in [0, 0.05) is 23.2 Å². The van der Waals surface area contributed by atoms with E-state index >= 15 is 0 Å². The maximum atomic E-state index is 3.61. The zero-order valence-electron chi connectivity index (χ0n) is 7.66. The Labute approximate surface area is 87.9 Å². The smallest absolute Gasteiger partial charge is 0.0166 e. The van der Waals surface area contributed by atoms with Crippen LogP contribution in [0.25, 0.3) is 0 Å². The molecule has 0 bridgehead atoms. The minimum absolute atomic E-state index is 0.782. The summed E-state index contributed by atoms with van der Waals surface area (Å²) in [6, 6.07) is 5.13. The van der Waals surface area contributed by atoms with Gasteiger partial charge in [0.25, 0.3) is 0 Å². The highest BCUT2D eigenvalue weighted by molar-refractivity contribution is 7.99. The molecule has 1 nitrogen and oxygen atoms in total. The van der Waals surface area contributed by atoms with Crippen molar-refractivity contribution in [2.24, 2.45) is 0 Å². The lowest BCUT2D eigenvalue weighted by Gasteiger charge is -2.09. The molecule has 1 aromatic rings. The highest BCUT2D eigenvalue weighted by atomic mass is 32.2. The van der Waals surface area contributed by atoms with Crippen molar-refractivity contribution in [2.45, 2.75) is 18.9 Å². The molecule has 0 spiro atoms. The Bertz CT molecular complexity index is 227. The van der Waals surface area contributed by atoms with E-state index in [1.807, 2.05) is 11.3 Å². The van der Waals surface area contributed by atoms with Crippen molar-refractivity contribution in [1.29, 1.82) is 0 Å². The van der Waals surface area contributed by atoms with Gasteiger partial charge in [0.05, 0.1) is 0 Å². The summed E-state index contributed by atoms with van der Waals surface area (Å²) in [5.74, 6) is 2.65. The van der Waals surface area contributed by atoms with Crippen LogP contribution in [0.15, 0.2) is 17.5 Å². The second kappa shape index (κ2) is 5.03. The maximum absolute atomic E-state index is 3.61. The van der Waals surface area contributed by atoms with Gasteiger partial charge in [-0.15, -0.1) is 11.3 Å². The predicted octanol–water partition coefficient (Wildman–Crippen LogP) is 2.39. The molecule has 3 heteroatoms. The van der Waals surface area contributed by atoms with E-state index in [2.05, 4.69) is 34.6 Å². The number of nitrogens with one attached hydrogen (secondary N) is 1. The second-order valence-electron chi connectivity index (χ2n) is 3.34. The monoisotopic (exact) mass is 213 g/mol. The average molecular weight is 213 g/mol. The summed E-state index contributed by atoms with van der Waals surface area (Å²) in [4.78, 5) is 1.50. The number of rotatable bonds is 4. The summed E-state index contributed by atoms with van der Waals surface area (Å²) in [6.07, 6.45) is 2.55. The molecule has 0 aliphatic carbocycles. The van der Waals surface area contributed by atoms with Crippen molar-refractivity contribution in [1.82, 2.24) is 5.32 Å². The average Bonchev–Trinajstić information content (AvgIpc) is 2.75.